The van der Waals surface area contributed by atoms with E-state index in [0.29, 0.717) is 12.2 Å². The molecule has 30 heavy (non-hydrogen) atoms. The highest BCUT2D eigenvalue weighted by Crippen LogP contribution is 2.39. The number of benzene rings is 1. The van der Waals surface area contributed by atoms with Crippen molar-refractivity contribution in [3.63, 3.8) is 0 Å². The molecule has 0 spiro atoms. The molecule has 0 radical (unpaired) electrons. The van der Waals surface area contributed by atoms with Crippen LogP contribution in [0.2, 0.25) is 0 Å². The maximum Gasteiger partial charge on any atom is 0.0578 e. The van der Waals surface area contributed by atoms with Crippen molar-refractivity contribution in [3.05, 3.63) is 35.4 Å². The van der Waals surface area contributed by atoms with E-state index < -0.39 is 0 Å². The third-order valence-corrected chi connectivity index (χ3v) is 6.33. The normalized spacial score (nSPS) is 18.5. The molecule has 0 amide bonds. The smallest absolute Gasteiger partial charge is 0.0578 e. The lowest BCUT2D eigenvalue weighted by atomic mass is 9.96. The van der Waals surface area contributed by atoms with E-state index in [4.69, 9.17) is 4.74 Å². The van der Waals surface area contributed by atoms with E-state index in [1.807, 2.05) is 13.8 Å². The van der Waals surface area contributed by atoms with Gasteiger partial charge in [0, 0.05) is 0 Å². The minimum absolute atomic E-state index is 0.468. The van der Waals surface area contributed by atoms with Crippen LogP contribution < -0.4 is 0 Å². The number of rotatable bonds is 10. The van der Waals surface area contributed by atoms with E-state index in [1.54, 1.807) is 5.56 Å². The third kappa shape index (κ3) is 12.1. The summed E-state index contributed by atoms with van der Waals surface area (Å²) in [6.45, 7) is 13.1. The minimum atomic E-state index is 0.468. The van der Waals surface area contributed by atoms with Gasteiger partial charge in [-0.2, -0.15) is 0 Å². The lowest BCUT2D eigenvalue weighted by molar-refractivity contribution is -0.0304. The highest BCUT2D eigenvalue weighted by Gasteiger charge is 2.22. The molecule has 1 aromatic rings. The average molecular weight is 417 g/mol. The Morgan fingerprint density at radius 3 is 2.03 bits per heavy atom. The molecule has 3 rings (SSSR count). The molecule has 1 heteroatoms. The van der Waals surface area contributed by atoms with Gasteiger partial charge in [0.15, 0.2) is 0 Å². The molecular weight excluding hydrogens is 364 g/mol. The van der Waals surface area contributed by atoms with E-state index in [1.165, 1.54) is 89.0 Å². The number of ether oxygens (including phenoxy) is 1. The number of unbranched alkanes of at least 4 members (excludes halogenated alkanes) is 1. The lowest BCUT2D eigenvalue weighted by Gasteiger charge is -2.27. The van der Waals surface area contributed by atoms with Crippen molar-refractivity contribution in [3.8, 4) is 0 Å². The van der Waals surface area contributed by atoms with Crippen molar-refractivity contribution in [2.45, 2.75) is 143 Å². The highest BCUT2D eigenvalue weighted by atomic mass is 16.5. The topological polar surface area (TPSA) is 9.23 Å². The Bertz CT molecular complexity index is 496. The van der Waals surface area contributed by atoms with Gasteiger partial charge >= 0.3 is 0 Å². The predicted octanol–water partition coefficient (Wildman–Crippen LogP) is 9.48. The Labute approximate surface area is 189 Å². The lowest BCUT2D eigenvalue weighted by Crippen LogP contribution is -2.23. The Morgan fingerprint density at radius 2 is 1.50 bits per heavy atom. The summed E-state index contributed by atoms with van der Waals surface area (Å²) in [7, 11) is 0. The second-order valence-corrected chi connectivity index (χ2v) is 9.46. The van der Waals surface area contributed by atoms with Crippen LogP contribution in [0.3, 0.4) is 0 Å². The van der Waals surface area contributed by atoms with Crippen molar-refractivity contribution < 1.29 is 4.74 Å². The van der Waals surface area contributed by atoms with Crippen molar-refractivity contribution in [2.24, 2.45) is 5.92 Å². The Kier molecular flexibility index (Phi) is 15.3. The van der Waals surface area contributed by atoms with Gasteiger partial charge in [-0.15, -0.1) is 0 Å². The van der Waals surface area contributed by atoms with Crippen molar-refractivity contribution in [1.82, 2.24) is 0 Å². The van der Waals surface area contributed by atoms with Gasteiger partial charge in [0.1, 0.15) is 0 Å². The molecule has 2 atom stereocenters. The number of hydrogen-bond acceptors (Lipinski definition) is 1. The zero-order valence-electron chi connectivity index (χ0n) is 21.2. The first-order valence-electron chi connectivity index (χ1n) is 13.4. The third-order valence-electron chi connectivity index (χ3n) is 6.33. The molecule has 2 unspecified atom stereocenters. The van der Waals surface area contributed by atoms with Crippen molar-refractivity contribution in [2.75, 3.05) is 0 Å². The van der Waals surface area contributed by atoms with Crippen molar-refractivity contribution >= 4 is 0 Å². The Morgan fingerprint density at radius 1 is 0.867 bits per heavy atom. The monoisotopic (exact) mass is 416 g/mol. The fraction of sp³-hybridized carbons (Fsp3) is 0.793. The van der Waals surface area contributed by atoms with Gasteiger partial charge in [-0.1, -0.05) is 104 Å². The molecule has 2 saturated carbocycles. The quantitative estimate of drug-likeness (QED) is 0.369. The molecule has 0 heterocycles. The van der Waals surface area contributed by atoms with Gasteiger partial charge in [0.05, 0.1) is 12.2 Å². The van der Waals surface area contributed by atoms with Crippen LogP contribution in [0.1, 0.15) is 136 Å². The molecule has 0 aliphatic heterocycles. The molecule has 1 nitrogen and oxygen atoms in total. The Hall–Kier alpha value is -0.820. The second-order valence-electron chi connectivity index (χ2n) is 9.46. The van der Waals surface area contributed by atoms with Crippen LogP contribution in [-0.2, 0) is 11.2 Å². The summed E-state index contributed by atoms with van der Waals surface area (Å²) in [5.41, 5.74) is 3.04. The van der Waals surface area contributed by atoms with Gasteiger partial charge in [0.2, 0.25) is 0 Å². The summed E-state index contributed by atoms with van der Waals surface area (Å²) in [5, 5.41) is 0. The zero-order chi connectivity index (χ0) is 22.2. The summed E-state index contributed by atoms with van der Waals surface area (Å²) in [5.74, 6) is 1.74. The maximum absolute atomic E-state index is 6.14. The molecule has 1 aromatic carbocycles. The van der Waals surface area contributed by atoms with Crippen LogP contribution in [-0.4, -0.2) is 12.2 Å². The van der Waals surface area contributed by atoms with E-state index in [0.717, 1.165) is 11.8 Å². The number of hydrogen-bond donors (Lipinski definition) is 0. The molecule has 0 aromatic heterocycles. The summed E-state index contributed by atoms with van der Waals surface area (Å²) in [6, 6.07) is 9.19. The largest absolute Gasteiger partial charge is 0.375 e. The first-order chi connectivity index (χ1) is 14.6. The van der Waals surface area contributed by atoms with Crippen LogP contribution in [0.15, 0.2) is 24.3 Å². The van der Waals surface area contributed by atoms with Gasteiger partial charge in [-0.25, -0.2) is 0 Å². The SMILES string of the molecule is CC.CCCCC(C)CC(C)OC1CCCCC1.CCCc1ccc(C2CC2)cc1. The van der Waals surface area contributed by atoms with Gasteiger partial charge in [-0.3, -0.25) is 0 Å². The molecule has 0 saturated heterocycles. The minimum Gasteiger partial charge on any atom is -0.375 e. The van der Waals surface area contributed by atoms with Crippen LogP contribution in [0, 0.1) is 5.92 Å². The maximum atomic E-state index is 6.14. The van der Waals surface area contributed by atoms with Crippen molar-refractivity contribution in [1.29, 1.82) is 0 Å². The first-order valence-corrected chi connectivity index (χ1v) is 13.4. The average Bonchev–Trinajstić information content (AvgIpc) is 3.61. The van der Waals surface area contributed by atoms with Crippen LogP contribution in [0.25, 0.3) is 0 Å². The van der Waals surface area contributed by atoms with Crippen LogP contribution >= 0.6 is 0 Å². The fourth-order valence-corrected chi connectivity index (χ4v) is 4.48. The molecule has 0 N–H and O–H groups in total. The Balaban J connectivity index is 0.000000285. The first kappa shape index (κ1) is 27.2. The van der Waals surface area contributed by atoms with Gasteiger partial charge in [0.25, 0.3) is 0 Å². The second kappa shape index (κ2) is 16.8. The van der Waals surface area contributed by atoms with E-state index in [2.05, 4.69) is 52.0 Å². The highest BCUT2D eigenvalue weighted by molar-refractivity contribution is 5.28. The molecule has 2 fully saturated rings. The summed E-state index contributed by atoms with van der Waals surface area (Å²) < 4.78 is 6.14. The predicted molar refractivity (Wildman–Crippen MR) is 134 cm³/mol. The number of aryl methyl sites for hydroxylation is 1. The van der Waals surface area contributed by atoms with Crippen LogP contribution in [0.4, 0.5) is 0 Å². The molecule has 174 valence electrons. The van der Waals surface area contributed by atoms with Crippen LogP contribution in [0.5, 0.6) is 0 Å². The molecule has 0 bridgehead atoms. The summed E-state index contributed by atoms with van der Waals surface area (Å²) >= 11 is 0. The van der Waals surface area contributed by atoms with Gasteiger partial charge < -0.3 is 4.74 Å². The standard InChI is InChI=1S/C15H30O.C12H16.C2H6/c1-4-5-9-13(2)12-14(3)16-15-10-7-6-8-11-15;1-2-3-10-4-6-11(7-5-10)12-8-9-12;1-2/h13-15H,4-12H2,1-3H3;4-7,12H,2-3,8-9H2,1H3;1-2H3. The fourth-order valence-electron chi connectivity index (χ4n) is 4.48. The summed E-state index contributed by atoms with van der Waals surface area (Å²) in [4.78, 5) is 0. The molecule has 2 aliphatic carbocycles. The van der Waals surface area contributed by atoms with E-state index >= 15 is 0 Å². The summed E-state index contributed by atoms with van der Waals surface area (Å²) in [6.07, 6.45) is 18.4. The zero-order valence-corrected chi connectivity index (χ0v) is 21.2. The molecule has 2 aliphatic rings. The molecular formula is C29H52O. The van der Waals surface area contributed by atoms with Gasteiger partial charge in [-0.05, 0) is 68.4 Å². The van der Waals surface area contributed by atoms with E-state index in [-0.39, 0.29) is 0 Å². The van der Waals surface area contributed by atoms with E-state index in [9.17, 15) is 0 Å².